The zero-order chi connectivity index (χ0) is 14.1. The third-order valence-electron chi connectivity index (χ3n) is 3.22. The molecule has 0 aliphatic heterocycles. The van der Waals surface area contributed by atoms with Gasteiger partial charge in [-0.3, -0.25) is 0 Å². The first-order chi connectivity index (χ1) is 9.65. The van der Waals surface area contributed by atoms with Gasteiger partial charge in [-0.15, -0.1) is 0 Å². The molecule has 0 fully saturated rings. The van der Waals surface area contributed by atoms with Crippen molar-refractivity contribution in [3.8, 4) is 0 Å². The van der Waals surface area contributed by atoms with Gasteiger partial charge in [0.1, 0.15) is 11.3 Å². The molecule has 1 aromatic heterocycles. The Bertz CT molecular complexity index is 741. The minimum absolute atomic E-state index is 0.303. The molecule has 3 aromatic rings. The molecule has 0 radical (unpaired) electrons. The molecule has 100 valence electrons. The first-order valence-electron chi connectivity index (χ1n) is 6.19. The van der Waals surface area contributed by atoms with Crippen molar-refractivity contribution in [2.75, 3.05) is 0 Å². The van der Waals surface area contributed by atoms with Gasteiger partial charge in [-0.2, -0.15) is 0 Å². The molecule has 3 rings (SSSR count). The minimum atomic E-state index is -1.48. The van der Waals surface area contributed by atoms with Crippen molar-refractivity contribution in [1.82, 2.24) is 9.55 Å². The zero-order valence-corrected chi connectivity index (χ0v) is 10.6. The van der Waals surface area contributed by atoms with E-state index in [1.807, 2.05) is 0 Å². The number of halogens is 1. The van der Waals surface area contributed by atoms with Crippen LogP contribution in [0.5, 0.6) is 0 Å². The Labute approximate surface area is 115 Å². The molecule has 20 heavy (non-hydrogen) atoms. The van der Waals surface area contributed by atoms with Crippen molar-refractivity contribution in [3.05, 3.63) is 60.2 Å². The molecule has 1 heterocycles. The summed E-state index contributed by atoms with van der Waals surface area (Å²) in [6.45, 7) is 0.471. The van der Waals surface area contributed by atoms with Crippen LogP contribution in [-0.2, 0) is 6.54 Å². The summed E-state index contributed by atoms with van der Waals surface area (Å²) in [7, 11) is -1.48. The Morgan fingerprint density at radius 1 is 1.10 bits per heavy atom. The quantitative estimate of drug-likeness (QED) is 0.695. The monoisotopic (exact) mass is 270 g/mol. The van der Waals surface area contributed by atoms with Crippen LogP contribution >= 0.6 is 0 Å². The second-order valence-electron chi connectivity index (χ2n) is 4.60. The number of aromatic nitrogens is 2. The SMILES string of the molecule is OB(O)c1ccc(Cn2cnc3cccc(F)c32)cc1. The second-order valence-corrected chi connectivity index (χ2v) is 4.60. The molecule has 2 aromatic carbocycles. The average molecular weight is 270 g/mol. The standard InChI is InChI=1S/C14H12BFN2O2/c16-12-2-1-3-13-14(12)18(9-17-13)8-10-4-6-11(7-5-10)15(19)20/h1-7,9,19-20H,8H2. The summed E-state index contributed by atoms with van der Waals surface area (Å²) < 4.78 is 15.6. The van der Waals surface area contributed by atoms with Gasteiger partial charge in [0, 0.05) is 6.54 Å². The number of benzene rings is 2. The normalized spacial score (nSPS) is 10.9. The lowest BCUT2D eigenvalue weighted by atomic mass is 9.80. The van der Waals surface area contributed by atoms with Crippen molar-refractivity contribution in [3.63, 3.8) is 0 Å². The van der Waals surface area contributed by atoms with E-state index in [4.69, 9.17) is 10.0 Å². The van der Waals surface area contributed by atoms with Crippen molar-refractivity contribution in [2.45, 2.75) is 6.54 Å². The molecular weight excluding hydrogens is 258 g/mol. The van der Waals surface area contributed by atoms with Crippen LogP contribution in [0.2, 0.25) is 0 Å². The van der Waals surface area contributed by atoms with Crippen LogP contribution < -0.4 is 5.46 Å². The largest absolute Gasteiger partial charge is 0.488 e. The number of hydrogen-bond donors (Lipinski definition) is 2. The van der Waals surface area contributed by atoms with Crippen LogP contribution in [0.25, 0.3) is 11.0 Å². The number of para-hydroxylation sites is 1. The lowest BCUT2D eigenvalue weighted by Crippen LogP contribution is -2.29. The Hall–Kier alpha value is -2.18. The van der Waals surface area contributed by atoms with E-state index in [2.05, 4.69) is 4.98 Å². The van der Waals surface area contributed by atoms with E-state index in [1.54, 1.807) is 47.3 Å². The lowest BCUT2D eigenvalue weighted by Gasteiger charge is -2.06. The first-order valence-corrected chi connectivity index (χ1v) is 6.19. The molecular formula is C14H12BFN2O2. The topological polar surface area (TPSA) is 58.3 Å². The molecule has 0 aliphatic rings. The summed E-state index contributed by atoms with van der Waals surface area (Å²) >= 11 is 0. The maximum absolute atomic E-state index is 13.8. The highest BCUT2D eigenvalue weighted by atomic mass is 19.1. The maximum atomic E-state index is 13.8. The van der Waals surface area contributed by atoms with Gasteiger partial charge in [0.25, 0.3) is 0 Å². The van der Waals surface area contributed by atoms with Gasteiger partial charge < -0.3 is 14.6 Å². The zero-order valence-electron chi connectivity index (χ0n) is 10.6. The van der Waals surface area contributed by atoms with Gasteiger partial charge in [0.05, 0.1) is 11.8 Å². The van der Waals surface area contributed by atoms with E-state index < -0.39 is 7.12 Å². The number of fused-ring (bicyclic) bond motifs is 1. The highest BCUT2D eigenvalue weighted by molar-refractivity contribution is 6.58. The number of nitrogens with zero attached hydrogens (tertiary/aromatic N) is 2. The summed E-state index contributed by atoms with van der Waals surface area (Å²) in [6.07, 6.45) is 1.60. The van der Waals surface area contributed by atoms with Gasteiger partial charge in [-0.05, 0) is 23.2 Å². The molecule has 2 N–H and O–H groups in total. The third-order valence-corrected chi connectivity index (χ3v) is 3.22. The van der Waals surface area contributed by atoms with Gasteiger partial charge in [0.15, 0.2) is 0 Å². The van der Waals surface area contributed by atoms with Gasteiger partial charge in [-0.1, -0.05) is 30.3 Å². The maximum Gasteiger partial charge on any atom is 0.488 e. The van der Waals surface area contributed by atoms with Crippen molar-refractivity contribution >= 4 is 23.6 Å². The summed E-state index contributed by atoms with van der Waals surface area (Å²) in [6, 6.07) is 11.6. The van der Waals surface area contributed by atoms with Crippen LogP contribution in [0.4, 0.5) is 4.39 Å². The molecule has 0 saturated heterocycles. The van der Waals surface area contributed by atoms with E-state index >= 15 is 0 Å². The Kier molecular flexibility index (Phi) is 3.26. The molecule has 0 aliphatic carbocycles. The van der Waals surface area contributed by atoms with Gasteiger partial charge in [0.2, 0.25) is 0 Å². The molecule has 6 heteroatoms. The van der Waals surface area contributed by atoms with E-state index in [-0.39, 0.29) is 5.82 Å². The number of imidazole rings is 1. The van der Waals surface area contributed by atoms with Gasteiger partial charge >= 0.3 is 7.12 Å². The Morgan fingerprint density at radius 2 is 1.85 bits per heavy atom. The number of rotatable bonds is 3. The molecule has 0 unspecified atom stereocenters. The molecule has 0 atom stereocenters. The van der Waals surface area contributed by atoms with Crippen molar-refractivity contribution in [1.29, 1.82) is 0 Å². The van der Waals surface area contributed by atoms with E-state index in [0.717, 1.165) is 5.56 Å². The predicted octanol–water partition coefficient (Wildman–Crippen LogP) is 0.903. The fraction of sp³-hybridized carbons (Fsp3) is 0.0714. The Balaban J connectivity index is 1.93. The van der Waals surface area contributed by atoms with Crippen LogP contribution in [0.1, 0.15) is 5.56 Å². The summed E-state index contributed by atoms with van der Waals surface area (Å²) in [5.74, 6) is -0.303. The summed E-state index contributed by atoms with van der Waals surface area (Å²) in [5, 5.41) is 18.1. The van der Waals surface area contributed by atoms with Crippen LogP contribution in [0, 0.1) is 5.82 Å². The van der Waals surface area contributed by atoms with E-state index in [9.17, 15) is 4.39 Å². The van der Waals surface area contributed by atoms with E-state index in [0.29, 0.717) is 23.0 Å². The van der Waals surface area contributed by atoms with E-state index in [1.165, 1.54) is 6.07 Å². The lowest BCUT2D eigenvalue weighted by molar-refractivity contribution is 0.426. The summed E-state index contributed by atoms with van der Waals surface area (Å²) in [4.78, 5) is 4.16. The van der Waals surface area contributed by atoms with Gasteiger partial charge in [-0.25, -0.2) is 9.37 Å². The second kappa shape index (κ2) is 5.07. The third kappa shape index (κ3) is 2.31. The van der Waals surface area contributed by atoms with Crippen molar-refractivity contribution < 1.29 is 14.4 Å². The van der Waals surface area contributed by atoms with Crippen LogP contribution in [0.15, 0.2) is 48.8 Å². The highest BCUT2D eigenvalue weighted by Gasteiger charge is 2.11. The molecule has 0 bridgehead atoms. The molecule has 0 spiro atoms. The van der Waals surface area contributed by atoms with Crippen LogP contribution in [-0.4, -0.2) is 26.7 Å². The first kappa shape index (κ1) is 12.8. The predicted molar refractivity (Wildman–Crippen MR) is 75.1 cm³/mol. The fourth-order valence-electron chi connectivity index (χ4n) is 2.19. The molecule has 0 amide bonds. The number of hydrogen-bond acceptors (Lipinski definition) is 3. The molecule has 4 nitrogen and oxygen atoms in total. The smallest absolute Gasteiger partial charge is 0.423 e. The highest BCUT2D eigenvalue weighted by Crippen LogP contribution is 2.17. The van der Waals surface area contributed by atoms with Crippen molar-refractivity contribution in [2.24, 2.45) is 0 Å². The minimum Gasteiger partial charge on any atom is -0.423 e. The molecule has 0 saturated carbocycles. The Morgan fingerprint density at radius 3 is 2.55 bits per heavy atom. The average Bonchev–Trinajstić information content (AvgIpc) is 2.84. The fourth-order valence-corrected chi connectivity index (χ4v) is 2.19. The van der Waals surface area contributed by atoms with Crippen LogP contribution in [0.3, 0.4) is 0 Å². The summed E-state index contributed by atoms with van der Waals surface area (Å²) in [5.41, 5.74) is 2.44.